The summed E-state index contributed by atoms with van der Waals surface area (Å²) < 4.78 is 0. The van der Waals surface area contributed by atoms with E-state index in [2.05, 4.69) is 0 Å². The molecule has 1 fully saturated rings. The Morgan fingerprint density at radius 3 is 2.23 bits per heavy atom. The molecule has 4 heteroatoms. The summed E-state index contributed by atoms with van der Waals surface area (Å²) in [7, 11) is 0. The van der Waals surface area contributed by atoms with Crippen LogP contribution in [0.3, 0.4) is 0 Å². The van der Waals surface area contributed by atoms with Crippen LogP contribution in [-0.4, -0.2) is 22.5 Å². The Hall–Kier alpha value is -2.75. The molecule has 0 heterocycles. The standard InChI is InChI=1S/C22H22O4/c1-4-18(24)22-19(25)10-14(11-20(22)26)21-12(2)9-17(13(3)23)15-7-5-6-8-16(15)21/h5-9,14,24H,4,10-11H2,1-3H3. The van der Waals surface area contributed by atoms with E-state index in [0.29, 0.717) is 5.56 Å². The molecule has 0 aliphatic heterocycles. The van der Waals surface area contributed by atoms with Gasteiger partial charge >= 0.3 is 0 Å². The van der Waals surface area contributed by atoms with Crippen LogP contribution in [0.1, 0.15) is 60.5 Å². The van der Waals surface area contributed by atoms with Gasteiger partial charge in [-0.3, -0.25) is 14.4 Å². The summed E-state index contributed by atoms with van der Waals surface area (Å²) >= 11 is 0. The van der Waals surface area contributed by atoms with Crippen molar-refractivity contribution in [3.63, 3.8) is 0 Å². The lowest BCUT2D eigenvalue weighted by Gasteiger charge is -2.26. The van der Waals surface area contributed by atoms with Crippen molar-refractivity contribution < 1.29 is 19.5 Å². The predicted octanol–water partition coefficient (Wildman–Crippen LogP) is 4.59. The van der Waals surface area contributed by atoms with Crippen molar-refractivity contribution in [2.75, 3.05) is 0 Å². The van der Waals surface area contributed by atoms with E-state index in [0.717, 1.165) is 21.9 Å². The smallest absolute Gasteiger partial charge is 0.170 e. The zero-order chi connectivity index (χ0) is 19.0. The van der Waals surface area contributed by atoms with Crippen LogP contribution in [0.2, 0.25) is 0 Å². The van der Waals surface area contributed by atoms with Crippen LogP contribution in [0.25, 0.3) is 10.8 Å². The number of benzene rings is 2. The van der Waals surface area contributed by atoms with Crippen LogP contribution in [-0.2, 0) is 9.59 Å². The molecule has 0 saturated heterocycles. The lowest BCUT2D eigenvalue weighted by Crippen LogP contribution is -2.27. The van der Waals surface area contributed by atoms with E-state index in [4.69, 9.17) is 0 Å². The Morgan fingerprint density at radius 2 is 1.69 bits per heavy atom. The predicted molar refractivity (Wildman–Crippen MR) is 101 cm³/mol. The van der Waals surface area contributed by atoms with Crippen molar-refractivity contribution >= 4 is 28.1 Å². The van der Waals surface area contributed by atoms with Crippen LogP contribution >= 0.6 is 0 Å². The molecule has 1 N–H and O–H groups in total. The van der Waals surface area contributed by atoms with Crippen molar-refractivity contribution in [1.29, 1.82) is 0 Å². The molecular formula is C22H22O4. The normalized spacial score (nSPS) is 17.7. The Labute approximate surface area is 152 Å². The number of allylic oxidation sites excluding steroid dienone is 2. The molecule has 26 heavy (non-hydrogen) atoms. The highest BCUT2D eigenvalue weighted by atomic mass is 16.3. The zero-order valence-electron chi connectivity index (χ0n) is 15.3. The maximum absolute atomic E-state index is 12.5. The van der Waals surface area contributed by atoms with Gasteiger partial charge in [0.25, 0.3) is 0 Å². The fourth-order valence-corrected chi connectivity index (χ4v) is 3.95. The van der Waals surface area contributed by atoms with E-state index in [-0.39, 0.29) is 53.9 Å². The van der Waals surface area contributed by atoms with Gasteiger partial charge in [-0.15, -0.1) is 0 Å². The molecule has 4 nitrogen and oxygen atoms in total. The first-order valence-electron chi connectivity index (χ1n) is 8.86. The molecule has 134 valence electrons. The molecule has 0 spiro atoms. The fraction of sp³-hybridized carbons (Fsp3) is 0.318. The molecule has 1 aliphatic rings. The largest absolute Gasteiger partial charge is 0.511 e. The van der Waals surface area contributed by atoms with Gasteiger partial charge in [-0.2, -0.15) is 0 Å². The summed E-state index contributed by atoms with van der Waals surface area (Å²) in [6.07, 6.45) is 0.650. The lowest BCUT2D eigenvalue weighted by molar-refractivity contribution is -0.124. The SMILES string of the molecule is CCC(O)=C1C(=O)CC(c2c(C)cc(C(C)=O)c3ccccc23)CC1=O. The number of fused-ring (bicyclic) bond motifs is 1. The molecule has 2 aromatic rings. The summed E-state index contributed by atoms with van der Waals surface area (Å²) in [5.74, 6) is -0.972. The molecule has 0 unspecified atom stereocenters. The number of Topliss-reactive ketones (excluding diaryl/α,β-unsaturated/α-hetero) is 3. The quantitative estimate of drug-likeness (QED) is 0.380. The molecule has 0 atom stereocenters. The van der Waals surface area contributed by atoms with E-state index in [9.17, 15) is 19.5 Å². The second-order valence-electron chi connectivity index (χ2n) is 6.88. The second kappa shape index (κ2) is 6.87. The highest BCUT2D eigenvalue weighted by Gasteiger charge is 2.35. The molecule has 0 aromatic heterocycles. The van der Waals surface area contributed by atoms with Gasteiger partial charge in [-0.1, -0.05) is 31.2 Å². The number of ketones is 3. The third-order valence-corrected chi connectivity index (χ3v) is 5.13. The van der Waals surface area contributed by atoms with E-state index < -0.39 is 0 Å². The molecule has 2 aromatic carbocycles. The number of aliphatic hydroxyl groups excluding tert-OH is 1. The minimum atomic E-state index is -0.301. The van der Waals surface area contributed by atoms with Gasteiger partial charge in [0.1, 0.15) is 5.76 Å². The van der Waals surface area contributed by atoms with E-state index in [1.54, 1.807) is 13.8 Å². The minimum Gasteiger partial charge on any atom is -0.511 e. The average Bonchev–Trinajstić information content (AvgIpc) is 2.59. The summed E-state index contributed by atoms with van der Waals surface area (Å²) in [6.45, 7) is 5.17. The molecular weight excluding hydrogens is 328 g/mol. The van der Waals surface area contributed by atoms with E-state index >= 15 is 0 Å². The van der Waals surface area contributed by atoms with Gasteiger partial charge in [0.05, 0.1) is 5.57 Å². The summed E-state index contributed by atoms with van der Waals surface area (Å²) in [5.41, 5.74) is 2.47. The van der Waals surface area contributed by atoms with Gasteiger partial charge in [-0.05, 0) is 47.7 Å². The van der Waals surface area contributed by atoms with Crippen LogP contribution in [0.15, 0.2) is 41.7 Å². The van der Waals surface area contributed by atoms with Gasteiger partial charge in [0.15, 0.2) is 17.3 Å². The number of rotatable bonds is 3. The number of hydrogen-bond acceptors (Lipinski definition) is 4. The van der Waals surface area contributed by atoms with Crippen molar-refractivity contribution in [2.45, 2.75) is 46.0 Å². The maximum Gasteiger partial charge on any atom is 0.170 e. The zero-order valence-corrected chi connectivity index (χ0v) is 15.3. The molecule has 0 amide bonds. The van der Waals surface area contributed by atoms with Crippen LogP contribution in [0.4, 0.5) is 0 Å². The minimum absolute atomic E-state index is 0.00950. The molecule has 3 rings (SSSR count). The van der Waals surface area contributed by atoms with Gasteiger partial charge in [0.2, 0.25) is 0 Å². The first kappa shape index (κ1) is 18.1. The molecule has 0 radical (unpaired) electrons. The summed E-state index contributed by atoms with van der Waals surface area (Å²) in [5, 5.41) is 11.7. The van der Waals surface area contributed by atoms with E-state index in [1.807, 2.05) is 37.3 Å². The van der Waals surface area contributed by atoms with Crippen LogP contribution < -0.4 is 0 Å². The Balaban J connectivity index is 2.15. The number of carbonyl (C=O) groups is 3. The third kappa shape index (κ3) is 2.96. The lowest BCUT2D eigenvalue weighted by atomic mass is 9.76. The summed E-state index contributed by atoms with van der Waals surface area (Å²) in [4.78, 5) is 37.0. The molecule has 1 saturated carbocycles. The van der Waals surface area contributed by atoms with Crippen molar-refractivity contribution in [3.8, 4) is 0 Å². The van der Waals surface area contributed by atoms with Crippen LogP contribution in [0, 0.1) is 6.92 Å². The fourth-order valence-electron chi connectivity index (χ4n) is 3.95. The monoisotopic (exact) mass is 350 g/mol. The number of hydrogen-bond donors (Lipinski definition) is 1. The Bertz CT molecular complexity index is 946. The first-order chi connectivity index (χ1) is 12.3. The average molecular weight is 350 g/mol. The number of carbonyl (C=O) groups excluding carboxylic acids is 3. The number of aliphatic hydroxyl groups is 1. The molecule has 1 aliphatic carbocycles. The van der Waals surface area contributed by atoms with Crippen molar-refractivity contribution in [3.05, 3.63) is 58.4 Å². The first-order valence-corrected chi connectivity index (χ1v) is 8.86. The number of aryl methyl sites for hydroxylation is 1. The summed E-state index contributed by atoms with van der Waals surface area (Å²) in [6, 6.07) is 9.47. The van der Waals surface area contributed by atoms with Gasteiger partial charge in [-0.25, -0.2) is 0 Å². The topological polar surface area (TPSA) is 71.4 Å². The Morgan fingerprint density at radius 1 is 1.12 bits per heavy atom. The maximum atomic E-state index is 12.5. The van der Waals surface area contributed by atoms with E-state index in [1.165, 1.54) is 0 Å². The van der Waals surface area contributed by atoms with Gasteiger partial charge in [0, 0.05) is 24.8 Å². The molecule has 0 bridgehead atoms. The van der Waals surface area contributed by atoms with Crippen molar-refractivity contribution in [1.82, 2.24) is 0 Å². The van der Waals surface area contributed by atoms with Gasteiger partial charge < -0.3 is 5.11 Å². The van der Waals surface area contributed by atoms with Crippen LogP contribution in [0.5, 0.6) is 0 Å². The highest BCUT2D eigenvalue weighted by molar-refractivity contribution is 6.23. The second-order valence-corrected chi connectivity index (χ2v) is 6.88. The third-order valence-electron chi connectivity index (χ3n) is 5.13. The highest BCUT2D eigenvalue weighted by Crippen LogP contribution is 2.39. The Kier molecular flexibility index (Phi) is 4.77. The van der Waals surface area contributed by atoms with Crippen molar-refractivity contribution in [2.24, 2.45) is 0 Å².